The first kappa shape index (κ1) is 14.5. The second-order valence-electron chi connectivity index (χ2n) is 8.38. The number of aliphatic carboxylic acids is 1. The summed E-state index contributed by atoms with van der Waals surface area (Å²) in [6, 6.07) is -0.837. The Hall–Kier alpha value is -1.10. The Bertz CT molecular complexity index is 468. The predicted molar refractivity (Wildman–Crippen MR) is 79.0 cm³/mol. The van der Waals surface area contributed by atoms with Gasteiger partial charge in [0, 0.05) is 19.4 Å². The summed E-state index contributed by atoms with van der Waals surface area (Å²) in [5.41, 5.74) is 0.127. The molecule has 122 valence electrons. The highest BCUT2D eigenvalue weighted by molar-refractivity contribution is 5.84. The van der Waals surface area contributed by atoms with E-state index in [4.69, 9.17) is 0 Å². The highest BCUT2D eigenvalue weighted by Crippen LogP contribution is 2.61. The van der Waals surface area contributed by atoms with E-state index < -0.39 is 18.1 Å². The summed E-state index contributed by atoms with van der Waals surface area (Å²) in [6.45, 7) is 0.183. The number of carboxylic acids is 1. The minimum Gasteiger partial charge on any atom is -0.480 e. The van der Waals surface area contributed by atoms with Crippen molar-refractivity contribution in [3.63, 3.8) is 0 Å². The number of hydrogen-bond donors (Lipinski definition) is 2. The molecular weight excluding hydrogens is 282 g/mol. The zero-order valence-corrected chi connectivity index (χ0v) is 12.9. The molecule has 0 aromatic heterocycles. The molecule has 4 bridgehead atoms. The van der Waals surface area contributed by atoms with Gasteiger partial charge in [-0.25, -0.2) is 4.79 Å². The van der Waals surface area contributed by atoms with Gasteiger partial charge in [-0.15, -0.1) is 0 Å². The third-order valence-electron chi connectivity index (χ3n) is 6.58. The lowest BCUT2D eigenvalue weighted by Crippen LogP contribution is -2.49. The van der Waals surface area contributed by atoms with Crippen molar-refractivity contribution in [2.24, 2.45) is 23.2 Å². The lowest BCUT2D eigenvalue weighted by atomic mass is 9.49. The Kier molecular flexibility index (Phi) is 3.26. The summed E-state index contributed by atoms with van der Waals surface area (Å²) < 4.78 is 0. The first-order valence-corrected chi connectivity index (χ1v) is 8.64. The van der Waals surface area contributed by atoms with Crippen molar-refractivity contribution in [1.82, 2.24) is 4.90 Å². The molecule has 5 heteroatoms. The molecule has 0 spiro atoms. The van der Waals surface area contributed by atoms with Gasteiger partial charge in [0.15, 0.2) is 0 Å². The number of hydrogen-bond acceptors (Lipinski definition) is 3. The fourth-order valence-electron chi connectivity index (χ4n) is 6.25. The number of aliphatic hydroxyl groups is 1. The van der Waals surface area contributed by atoms with Crippen LogP contribution in [-0.2, 0) is 9.59 Å². The van der Waals surface area contributed by atoms with E-state index in [1.165, 1.54) is 24.2 Å². The molecule has 1 aliphatic heterocycles. The third kappa shape index (κ3) is 2.34. The summed E-state index contributed by atoms with van der Waals surface area (Å²) in [7, 11) is 0. The van der Waals surface area contributed by atoms with Crippen LogP contribution in [0.5, 0.6) is 0 Å². The Balaban J connectivity index is 1.49. The monoisotopic (exact) mass is 307 g/mol. The molecule has 5 rings (SSSR count). The number of nitrogens with zero attached hydrogens (tertiary/aromatic N) is 1. The molecule has 1 heterocycles. The lowest BCUT2D eigenvalue weighted by molar-refractivity contribution is -0.151. The van der Waals surface area contributed by atoms with E-state index in [-0.39, 0.29) is 24.3 Å². The fraction of sp³-hybridized carbons (Fsp3) is 0.882. The van der Waals surface area contributed by atoms with Gasteiger partial charge in [0.05, 0.1) is 6.10 Å². The molecule has 0 unspecified atom stereocenters. The van der Waals surface area contributed by atoms with Crippen LogP contribution >= 0.6 is 0 Å². The van der Waals surface area contributed by atoms with E-state index in [2.05, 4.69) is 0 Å². The molecule has 2 atom stereocenters. The molecule has 2 N–H and O–H groups in total. The number of carbonyl (C=O) groups excluding carboxylic acids is 1. The number of rotatable bonds is 3. The summed E-state index contributed by atoms with van der Waals surface area (Å²) in [6.07, 6.45) is 7.45. The average Bonchev–Trinajstić information content (AvgIpc) is 2.79. The lowest BCUT2D eigenvalue weighted by Gasteiger charge is -2.57. The summed E-state index contributed by atoms with van der Waals surface area (Å²) in [4.78, 5) is 25.5. The molecule has 22 heavy (non-hydrogen) atoms. The first-order valence-electron chi connectivity index (χ1n) is 8.64. The minimum atomic E-state index is -0.990. The predicted octanol–water partition coefficient (Wildman–Crippen LogP) is 1.64. The van der Waals surface area contributed by atoms with Crippen molar-refractivity contribution < 1.29 is 19.8 Å². The van der Waals surface area contributed by atoms with Crippen LogP contribution in [0.1, 0.15) is 51.4 Å². The smallest absolute Gasteiger partial charge is 0.326 e. The van der Waals surface area contributed by atoms with E-state index in [0.29, 0.717) is 6.42 Å². The third-order valence-corrected chi connectivity index (χ3v) is 6.58. The Labute approximate surface area is 130 Å². The fourth-order valence-corrected chi connectivity index (χ4v) is 6.25. The Morgan fingerprint density at radius 2 is 1.55 bits per heavy atom. The van der Waals surface area contributed by atoms with Crippen molar-refractivity contribution in [2.75, 3.05) is 6.54 Å². The highest BCUT2D eigenvalue weighted by atomic mass is 16.4. The van der Waals surface area contributed by atoms with Gasteiger partial charge >= 0.3 is 5.97 Å². The average molecular weight is 307 g/mol. The molecule has 5 aliphatic rings. The van der Waals surface area contributed by atoms with E-state index in [0.717, 1.165) is 37.0 Å². The van der Waals surface area contributed by atoms with Crippen LogP contribution in [0, 0.1) is 23.2 Å². The number of carboxylic acid groups (broad SMARTS) is 1. The highest BCUT2D eigenvalue weighted by Gasteiger charge is 2.52. The van der Waals surface area contributed by atoms with E-state index >= 15 is 0 Å². The van der Waals surface area contributed by atoms with Crippen molar-refractivity contribution in [3.05, 3.63) is 0 Å². The van der Waals surface area contributed by atoms with Gasteiger partial charge in [-0.1, -0.05) is 0 Å². The van der Waals surface area contributed by atoms with Crippen molar-refractivity contribution in [3.8, 4) is 0 Å². The number of β-amino-alcohol motifs (C(OH)–C–C–N with tert-alkyl or cyclic N) is 1. The molecule has 4 aliphatic carbocycles. The van der Waals surface area contributed by atoms with Crippen LogP contribution < -0.4 is 0 Å². The van der Waals surface area contributed by atoms with Crippen LogP contribution in [0.2, 0.25) is 0 Å². The van der Waals surface area contributed by atoms with Crippen molar-refractivity contribution in [1.29, 1.82) is 0 Å². The zero-order valence-electron chi connectivity index (χ0n) is 12.9. The van der Waals surface area contributed by atoms with E-state index in [1.807, 2.05) is 0 Å². The SMILES string of the molecule is O=C(O)[C@@H]1C[C@H](O)CN1C(=O)CC12CC3CC(CC(C3)C1)C2. The molecule has 1 saturated heterocycles. The maximum absolute atomic E-state index is 12.7. The largest absolute Gasteiger partial charge is 0.480 e. The first-order chi connectivity index (χ1) is 10.4. The molecule has 1 amide bonds. The van der Waals surface area contributed by atoms with Crippen LogP contribution in [0.25, 0.3) is 0 Å². The Morgan fingerprint density at radius 3 is 2.05 bits per heavy atom. The van der Waals surface area contributed by atoms with Crippen LogP contribution in [0.3, 0.4) is 0 Å². The molecule has 5 nitrogen and oxygen atoms in total. The summed E-state index contributed by atoms with van der Waals surface area (Å²) >= 11 is 0. The second kappa shape index (κ2) is 4.95. The minimum absolute atomic E-state index is 0.0501. The summed E-state index contributed by atoms with van der Waals surface area (Å²) in [5.74, 6) is 1.33. The molecule has 0 radical (unpaired) electrons. The molecule has 4 saturated carbocycles. The van der Waals surface area contributed by atoms with Gasteiger partial charge in [0.2, 0.25) is 5.91 Å². The van der Waals surface area contributed by atoms with Crippen molar-refractivity contribution >= 4 is 11.9 Å². The van der Waals surface area contributed by atoms with E-state index in [9.17, 15) is 19.8 Å². The van der Waals surface area contributed by atoms with Crippen LogP contribution in [0.4, 0.5) is 0 Å². The van der Waals surface area contributed by atoms with Gasteiger partial charge < -0.3 is 15.1 Å². The summed E-state index contributed by atoms with van der Waals surface area (Å²) in [5, 5.41) is 19.0. The van der Waals surface area contributed by atoms with E-state index in [1.54, 1.807) is 0 Å². The quantitative estimate of drug-likeness (QED) is 0.831. The maximum atomic E-state index is 12.7. The Morgan fingerprint density at radius 1 is 1.00 bits per heavy atom. The molecule has 0 aromatic rings. The van der Waals surface area contributed by atoms with Gasteiger partial charge in [-0.2, -0.15) is 0 Å². The molecular formula is C17H25NO4. The number of amides is 1. The van der Waals surface area contributed by atoms with Crippen LogP contribution in [-0.4, -0.2) is 45.7 Å². The van der Waals surface area contributed by atoms with Gasteiger partial charge in [-0.3, -0.25) is 4.79 Å². The molecule has 0 aromatic carbocycles. The zero-order chi connectivity index (χ0) is 15.5. The normalized spacial score (nSPS) is 46.2. The number of likely N-dealkylation sites (tertiary alicyclic amines) is 1. The van der Waals surface area contributed by atoms with Crippen LogP contribution in [0.15, 0.2) is 0 Å². The molecule has 5 fully saturated rings. The van der Waals surface area contributed by atoms with Gasteiger partial charge in [0.1, 0.15) is 6.04 Å². The number of carbonyl (C=O) groups is 2. The van der Waals surface area contributed by atoms with Gasteiger partial charge in [0.25, 0.3) is 0 Å². The second-order valence-corrected chi connectivity index (χ2v) is 8.38. The number of aliphatic hydroxyl groups excluding tert-OH is 1. The van der Waals surface area contributed by atoms with Crippen molar-refractivity contribution in [2.45, 2.75) is 63.5 Å². The van der Waals surface area contributed by atoms with Gasteiger partial charge in [-0.05, 0) is 61.7 Å². The maximum Gasteiger partial charge on any atom is 0.326 e. The topological polar surface area (TPSA) is 77.8 Å². The standard InChI is InChI=1S/C17H25NO4/c19-13-4-14(16(21)22)18(9-13)15(20)8-17-5-10-1-11(6-17)3-12(2-10)7-17/h10-14,19H,1-9H2,(H,21,22)/t10?,11?,12?,13-,14-,17?/m0/s1.